The lowest BCUT2D eigenvalue weighted by atomic mass is 10.1. The van der Waals surface area contributed by atoms with E-state index in [-0.39, 0.29) is 37.7 Å². The number of carbonyl (C=O) groups is 4. The van der Waals surface area contributed by atoms with Crippen molar-refractivity contribution >= 4 is 29.3 Å². The molecule has 1 N–H and O–H groups in total. The molecule has 4 amide bonds. The normalized spacial score (nSPS) is 18.4. The third-order valence-corrected chi connectivity index (χ3v) is 5.05. The molecular formula is C21H18FN3O4. The van der Waals surface area contributed by atoms with Gasteiger partial charge >= 0.3 is 0 Å². The maximum Gasteiger partial charge on any atom is 0.261 e. The molecule has 1 fully saturated rings. The number of hydrogen-bond donors (Lipinski definition) is 1. The molecule has 1 saturated heterocycles. The van der Waals surface area contributed by atoms with Crippen molar-refractivity contribution in [2.24, 2.45) is 0 Å². The summed E-state index contributed by atoms with van der Waals surface area (Å²) in [6, 6.07) is 11.8. The van der Waals surface area contributed by atoms with Gasteiger partial charge in [-0.3, -0.25) is 24.1 Å². The molecule has 2 heterocycles. The molecule has 2 aromatic rings. The summed E-state index contributed by atoms with van der Waals surface area (Å²) in [5, 5.41) is 2.75. The lowest BCUT2D eigenvalue weighted by Crippen LogP contribution is -2.40. The van der Waals surface area contributed by atoms with Crippen LogP contribution in [0.15, 0.2) is 48.5 Å². The van der Waals surface area contributed by atoms with E-state index in [0.717, 1.165) is 4.90 Å². The zero-order chi connectivity index (χ0) is 20.5. The van der Waals surface area contributed by atoms with Crippen molar-refractivity contribution in [3.63, 3.8) is 0 Å². The Hall–Kier alpha value is -3.55. The number of rotatable bonds is 5. The summed E-state index contributed by atoms with van der Waals surface area (Å²) < 4.78 is 13.4. The Kier molecular flexibility index (Phi) is 4.84. The van der Waals surface area contributed by atoms with Gasteiger partial charge in [-0.15, -0.1) is 0 Å². The Bertz CT molecular complexity index is 987. The number of hydrogen-bond acceptors (Lipinski definition) is 4. The van der Waals surface area contributed by atoms with Gasteiger partial charge in [-0.25, -0.2) is 4.39 Å². The van der Waals surface area contributed by atoms with E-state index in [1.807, 2.05) is 0 Å². The summed E-state index contributed by atoms with van der Waals surface area (Å²) in [4.78, 5) is 51.6. The third kappa shape index (κ3) is 3.61. The minimum absolute atomic E-state index is 0.0353. The molecule has 0 aliphatic carbocycles. The monoisotopic (exact) mass is 395 g/mol. The van der Waals surface area contributed by atoms with Gasteiger partial charge in [0.25, 0.3) is 11.8 Å². The lowest BCUT2D eigenvalue weighted by Gasteiger charge is -2.18. The predicted molar refractivity (Wildman–Crippen MR) is 102 cm³/mol. The number of imide groups is 1. The maximum absolute atomic E-state index is 13.4. The molecule has 7 nitrogen and oxygen atoms in total. The lowest BCUT2D eigenvalue weighted by molar-refractivity contribution is -0.121. The Balaban J connectivity index is 1.32. The highest BCUT2D eigenvalue weighted by Crippen LogP contribution is 2.24. The van der Waals surface area contributed by atoms with Crippen molar-refractivity contribution in [2.45, 2.75) is 18.9 Å². The van der Waals surface area contributed by atoms with Gasteiger partial charge in [0.05, 0.1) is 17.2 Å². The zero-order valence-electron chi connectivity index (χ0n) is 15.4. The SMILES string of the molecule is O=C(CCN1C(=O)c2ccccc2C1=O)N[C@@H]1CC(=O)N(c2cccc(F)c2)C1. The quantitative estimate of drug-likeness (QED) is 0.782. The van der Waals surface area contributed by atoms with Gasteiger partial charge in [0, 0.05) is 31.6 Å². The van der Waals surface area contributed by atoms with E-state index in [1.54, 1.807) is 30.3 Å². The van der Waals surface area contributed by atoms with Gasteiger partial charge in [0.15, 0.2) is 0 Å². The summed E-state index contributed by atoms with van der Waals surface area (Å²) in [6.45, 7) is 0.202. The van der Waals surface area contributed by atoms with E-state index in [0.29, 0.717) is 16.8 Å². The minimum atomic E-state index is -0.441. The number of nitrogens with one attached hydrogen (secondary N) is 1. The molecule has 0 radical (unpaired) electrons. The van der Waals surface area contributed by atoms with Crippen LogP contribution >= 0.6 is 0 Å². The summed E-state index contributed by atoms with van der Waals surface area (Å²) in [5.41, 5.74) is 1.12. The third-order valence-electron chi connectivity index (χ3n) is 5.05. The van der Waals surface area contributed by atoms with Crippen molar-refractivity contribution in [3.05, 3.63) is 65.5 Å². The fraction of sp³-hybridized carbons (Fsp3) is 0.238. The molecule has 29 heavy (non-hydrogen) atoms. The molecule has 0 aromatic heterocycles. The zero-order valence-corrected chi connectivity index (χ0v) is 15.4. The fourth-order valence-electron chi connectivity index (χ4n) is 3.65. The summed E-state index contributed by atoms with van der Waals surface area (Å²) >= 11 is 0. The number of fused-ring (bicyclic) bond motifs is 1. The molecule has 2 aliphatic rings. The van der Waals surface area contributed by atoms with E-state index in [2.05, 4.69) is 5.32 Å². The van der Waals surface area contributed by atoms with E-state index < -0.39 is 23.7 Å². The van der Waals surface area contributed by atoms with Crippen molar-refractivity contribution in [3.8, 4) is 0 Å². The molecule has 2 aromatic carbocycles. The van der Waals surface area contributed by atoms with Crippen molar-refractivity contribution in [1.82, 2.24) is 10.2 Å². The average Bonchev–Trinajstić information content (AvgIpc) is 3.18. The topological polar surface area (TPSA) is 86.8 Å². The van der Waals surface area contributed by atoms with Gasteiger partial charge in [-0.2, -0.15) is 0 Å². The Morgan fingerprint density at radius 2 is 1.72 bits per heavy atom. The first-order valence-electron chi connectivity index (χ1n) is 9.24. The van der Waals surface area contributed by atoms with Crippen LogP contribution in [0.3, 0.4) is 0 Å². The number of carbonyl (C=O) groups excluding carboxylic acids is 4. The average molecular weight is 395 g/mol. The van der Waals surface area contributed by atoms with E-state index in [1.165, 1.54) is 23.1 Å². The van der Waals surface area contributed by atoms with Crippen LogP contribution in [0.4, 0.5) is 10.1 Å². The van der Waals surface area contributed by atoms with Crippen molar-refractivity contribution < 1.29 is 23.6 Å². The fourth-order valence-corrected chi connectivity index (χ4v) is 3.65. The van der Waals surface area contributed by atoms with Crippen LogP contribution in [-0.2, 0) is 9.59 Å². The Morgan fingerprint density at radius 1 is 1.03 bits per heavy atom. The van der Waals surface area contributed by atoms with Crippen molar-refractivity contribution in [2.75, 3.05) is 18.0 Å². The van der Waals surface area contributed by atoms with Gasteiger partial charge in [0.2, 0.25) is 11.8 Å². The first-order chi connectivity index (χ1) is 13.9. The summed E-state index contributed by atoms with van der Waals surface area (Å²) in [7, 11) is 0. The number of amides is 4. The molecule has 148 valence electrons. The highest BCUT2D eigenvalue weighted by atomic mass is 19.1. The molecule has 0 saturated carbocycles. The van der Waals surface area contributed by atoms with Gasteiger partial charge in [-0.05, 0) is 30.3 Å². The molecule has 8 heteroatoms. The predicted octanol–water partition coefficient (Wildman–Crippen LogP) is 1.73. The Labute approximate surface area is 166 Å². The van der Waals surface area contributed by atoms with Crippen LogP contribution in [0.25, 0.3) is 0 Å². The second kappa shape index (κ2) is 7.46. The molecule has 0 bridgehead atoms. The number of halogens is 1. The first kappa shape index (κ1) is 18.8. The maximum atomic E-state index is 13.4. The van der Waals surface area contributed by atoms with Gasteiger partial charge in [0.1, 0.15) is 5.82 Å². The van der Waals surface area contributed by atoms with Crippen LogP contribution < -0.4 is 10.2 Å². The standard InChI is InChI=1S/C21H18FN3O4/c22-13-4-3-5-15(10-13)25-12-14(11-19(25)27)23-18(26)8-9-24-20(28)16-6-1-2-7-17(16)21(24)29/h1-7,10,14H,8-9,11-12H2,(H,23,26)/t14-/m1/s1. The summed E-state index contributed by atoms with van der Waals surface area (Å²) in [6.07, 6.45) is 0.0470. The van der Waals surface area contributed by atoms with Gasteiger partial charge < -0.3 is 10.2 Å². The van der Waals surface area contributed by atoms with Gasteiger partial charge in [-0.1, -0.05) is 18.2 Å². The number of anilines is 1. The summed E-state index contributed by atoms with van der Waals surface area (Å²) in [5.74, 6) is -1.83. The number of nitrogens with zero attached hydrogens (tertiary/aromatic N) is 2. The molecule has 1 atom stereocenters. The van der Waals surface area contributed by atoms with E-state index in [9.17, 15) is 23.6 Å². The van der Waals surface area contributed by atoms with Crippen LogP contribution in [0.1, 0.15) is 33.6 Å². The number of benzene rings is 2. The van der Waals surface area contributed by atoms with E-state index in [4.69, 9.17) is 0 Å². The van der Waals surface area contributed by atoms with Crippen LogP contribution in [0.2, 0.25) is 0 Å². The van der Waals surface area contributed by atoms with Crippen molar-refractivity contribution in [1.29, 1.82) is 0 Å². The van der Waals surface area contributed by atoms with Crippen LogP contribution in [0.5, 0.6) is 0 Å². The molecule has 2 aliphatic heterocycles. The molecular weight excluding hydrogens is 377 g/mol. The minimum Gasteiger partial charge on any atom is -0.351 e. The highest BCUT2D eigenvalue weighted by Gasteiger charge is 2.36. The van der Waals surface area contributed by atoms with Crippen LogP contribution in [0, 0.1) is 5.82 Å². The molecule has 0 spiro atoms. The molecule has 0 unspecified atom stereocenters. The second-order valence-corrected chi connectivity index (χ2v) is 7.01. The molecule has 4 rings (SSSR count). The van der Waals surface area contributed by atoms with E-state index >= 15 is 0 Å². The highest BCUT2D eigenvalue weighted by molar-refractivity contribution is 6.21. The first-order valence-corrected chi connectivity index (χ1v) is 9.24. The van der Waals surface area contributed by atoms with Crippen LogP contribution in [-0.4, -0.2) is 47.7 Å². The Morgan fingerprint density at radius 3 is 2.38 bits per heavy atom. The smallest absolute Gasteiger partial charge is 0.261 e. The largest absolute Gasteiger partial charge is 0.351 e. The second-order valence-electron chi connectivity index (χ2n) is 7.01.